The zero-order valence-corrected chi connectivity index (χ0v) is 20.0. The first-order chi connectivity index (χ1) is 15.3. The van der Waals surface area contributed by atoms with Gasteiger partial charge in [0.15, 0.2) is 11.5 Å². The number of nitrogens with one attached hydrogen (secondary N) is 1. The van der Waals surface area contributed by atoms with Gasteiger partial charge in [-0.25, -0.2) is 14.8 Å². The molecule has 168 valence electrons. The Labute approximate surface area is 196 Å². The van der Waals surface area contributed by atoms with Gasteiger partial charge < -0.3 is 10.1 Å². The number of carbonyl (C=O) groups excluding carboxylic acids is 1. The number of nitrogens with zero attached hydrogens (tertiary/aromatic N) is 4. The first-order valence-corrected chi connectivity index (χ1v) is 11.9. The summed E-state index contributed by atoms with van der Waals surface area (Å²) >= 11 is 4.55. The second-order valence-corrected chi connectivity index (χ2v) is 9.37. The summed E-state index contributed by atoms with van der Waals surface area (Å²) in [5.41, 5.74) is -0.0119. The van der Waals surface area contributed by atoms with Crippen LogP contribution in [0.5, 0.6) is 0 Å². The number of amides is 1. The molecule has 3 aromatic rings. The highest BCUT2D eigenvalue weighted by Crippen LogP contribution is 2.26. The Morgan fingerprint density at radius 2 is 1.97 bits per heavy atom. The molecule has 0 radical (unpaired) electrons. The maximum atomic E-state index is 12.9. The van der Waals surface area contributed by atoms with Gasteiger partial charge in [-0.2, -0.15) is 0 Å². The molecule has 1 aliphatic heterocycles. The summed E-state index contributed by atoms with van der Waals surface area (Å²) in [5.74, 6) is 0.268. The molecule has 1 atom stereocenters. The van der Waals surface area contributed by atoms with Gasteiger partial charge in [-0.1, -0.05) is 39.8 Å². The fourth-order valence-electron chi connectivity index (χ4n) is 3.48. The zero-order valence-electron chi connectivity index (χ0n) is 17.6. The van der Waals surface area contributed by atoms with E-state index in [9.17, 15) is 14.4 Å². The Bertz CT molecular complexity index is 1280. The first kappa shape index (κ1) is 22.7. The average Bonchev–Trinajstić information content (AvgIpc) is 3.32. The molecule has 0 aliphatic carbocycles. The van der Waals surface area contributed by atoms with Crippen molar-refractivity contribution in [3.05, 3.63) is 49.6 Å². The molecule has 1 saturated heterocycles. The van der Waals surface area contributed by atoms with Crippen LogP contribution in [0.15, 0.2) is 43.4 Å². The molecule has 0 spiro atoms. The summed E-state index contributed by atoms with van der Waals surface area (Å²) in [6.07, 6.45) is 1.99. The third-order valence-electron chi connectivity index (χ3n) is 5.26. The molecule has 0 bridgehead atoms. The topological polar surface area (TPSA) is 108 Å². The van der Waals surface area contributed by atoms with Gasteiger partial charge in [0.2, 0.25) is 5.91 Å². The van der Waals surface area contributed by atoms with E-state index in [1.54, 1.807) is 7.05 Å². The van der Waals surface area contributed by atoms with Gasteiger partial charge in [-0.3, -0.25) is 18.7 Å². The molecule has 1 amide bonds. The average molecular weight is 520 g/mol. The number of aromatic nitrogens is 4. The van der Waals surface area contributed by atoms with E-state index in [4.69, 9.17) is 4.74 Å². The quantitative estimate of drug-likeness (QED) is 0.391. The Balaban J connectivity index is 1.70. The Morgan fingerprint density at radius 1 is 1.22 bits per heavy atom. The van der Waals surface area contributed by atoms with Crippen molar-refractivity contribution in [1.29, 1.82) is 0 Å². The number of hydrogen-bond acceptors (Lipinski definition) is 7. The highest BCUT2D eigenvalue weighted by Gasteiger charge is 2.20. The summed E-state index contributed by atoms with van der Waals surface area (Å²) < 4.78 is 8.77. The molecule has 1 N–H and O–H groups in total. The van der Waals surface area contributed by atoms with Crippen molar-refractivity contribution in [1.82, 2.24) is 24.4 Å². The van der Waals surface area contributed by atoms with E-state index in [1.807, 2.05) is 24.3 Å². The minimum Gasteiger partial charge on any atom is -0.376 e. The van der Waals surface area contributed by atoms with Crippen LogP contribution in [0.1, 0.15) is 12.8 Å². The van der Waals surface area contributed by atoms with Gasteiger partial charge in [0.1, 0.15) is 10.4 Å². The molecule has 11 heteroatoms. The van der Waals surface area contributed by atoms with Crippen LogP contribution < -0.4 is 16.6 Å². The van der Waals surface area contributed by atoms with Crippen LogP contribution in [0.25, 0.3) is 22.4 Å². The number of rotatable bonds is 6. The molecule has 2 aromatic heterocycles. The normalized spacial score (nSPS) is 15.9. The Morgan fingerprint density at radius 3 is 2.66 bits per heavy atom. The molecular weight excluding hydrogens is 498 g/mol. The molecule has 32 heavy (non-hydrogen) atoms. The Hall–Kier alpha value is -2.50. The first-order valence-electron chi connectivity index (χ1n) is 10.1. The number of hydrogen-bond donors (Lipinski definition) is 1. The molecule has 0 unspecified atom stereocenters. The summed E-state index contributed by atoms with van der Waals surface area (Å²) in [4.78, 5) is 46.8. The van der Waals surface area contributed by atoms with Gasteiger partial charge in [0.25, 0.3) is 5.56 Å². The van der Waals surface area contributed by atoms with E-state index in [0.29, 0.717) is 17.4 Å². The molecule has 1 fully saturated rings. The maximum absolute atomic E-state index is 12.9. The summed E-state index contributed by atoms with van der Waals surface area (Å²) in [6, 6.07) is 7.40. The van der Waals surface area contributed by atoms with E-state index < -0.39 is 11.2 Å². The number of ether oxygens (including phenoxy) is 1. The van der Waals surface area contributed by atoms with Crippen molar-refractivity contribution in [3.63, 3.8) is 0 Å². The lowest BCUT2D eigenvalue weighted by Gasteiger charge is -2.13. The van der Waals surface area contributed by atoms with E-state index in [0.717, 1.165) is 45.8 Å². The number of fused-ring (bicyclic) bond motifs is 1. The van der Waals surface area contributed by atoms with Crippen LogP contribution in [0.2, 0.25) is 0 Å². The molecule has 4 rings (SSSR count). The van der Waals surface area contributed by atoms with Gasteiger partial charge in [0.05, 0.1) is 11.9 Å². The molecular formula is C21H22BrN5O4S. The highest BCUT2D eigenvalue weighted by atomic mass is 79.9. The summed E-state index contributed by atoms with van der Waals surface area (Å²) in [7, 11) is 2.97. The molecule has 1 aromatic carbocycles. The lowest BCUT2D eigenvalue weighted by molar-refractivity contribution is -0.119. The highest BCUT2D eigenvalue weighted by molar-refractivity contribution is 9.10. The van der Waals surface area contributed by atoms with Crippen molar-refractivity contribution in [3.8, 4) is 11.4 Å². The minimum absolute atomic E-state index is 0.0506. The van der Waals surface area contributed by atoms with Crippen molar-refractivity contribution in [2.75, 3.05) is 18.9 Å². The third kappa shape index (κ3) is 4.64. The van der Waals surface area contributed by atoms with Crippen LogP contribution in [-0.4, -0.2) is 50.0 Å². The van der Waals surface area contributed by atoms with Crippen molar-refractivity contribution >= 4 is 44.6 Å². The minimum atomic E-state index is -0.493. The van der Waals surface area contributed by atoms with Gasteiger partial charge in [0, 0.05) is 37.3 Å². The van der Waals surface area contributed by atoms with Crippen LogP contribution in [-0.2, 0) is 23.6 Å². The molecule has 0 saturated carbocycles. The maximum Gasteiger partial charge on any atom is 0.332 e. The van der Waals surface area contributed by atoms with E-state index in [1.165, 1.54) is 11.6 Å². The van der Waals surface area contributed by atoms with Crippen LogP contribution in [0.4, 0.5) is 0 Å². The third-order valence-corrected chi connectivity index (χ3v) is 6.76. The number of thioether (sulfide) groups is 1. The van der Waals surface area contributed by atoms with E-state index >= 15 is 0 Å². The standard InChI is InChI=1S/C21H22BrN5O4S/c1-26-18-16(20(29)27(2)21(26)30)19(25-17(24-18)12-5-7-13(22)8-6-12)32-11-15(28)23-10-14-4-3-9-31-14/h5-8,14H,3-4,9-11H2,1-2H3,(H,23,28)/t14-/m1/s1. The Kier molecular flexibility index (Phi) is 6.77. The second-order valence-electron chi connectivity index (χ2n) is 7.49. The monoisotopic (exact) mass is 519 g/mol. The van der Waals surface area contributed by atoms with Crippen LogP contribution in [0, 0.1) is 0 Å². The fourth-order valence-corrected chi connectivity index (χ4v) is 4.59. The number of halogens is 1. The van der Waals surface area contributed by atoms with Gasteiger partial charge in [-0.15, -0.1) is 0 Å². The molecule has 3 heterocycles. The number of aryl methyl sites for hydroxylation is 1. The van der Waals surface area contributed by atoms with Crippen molar-refractivity contribution < 1.29 is 9.53 Å². The molecule has 1 aliphatic rings. The summed E-state index contributed by atoms with van der Waals surface area (Å²) in [5, 5.41) is 3.44. The number of benzene rings is 1. The number of carbonyl (C=O) groups is 1. The van der Waals surface area contributed by atoms with E-state index in [-0.39, 0.29) is 28.8 Å². The lowest BCUT2D eigenvalue weighted by atomic mass is 10.2. The van der Waals surface area contributed by atoms with Crippen molar-refractivity contribution in [2.24, 2.45) is 14.1 Å². The van der Waals surface area contributed by atoms with Gasteiger partial charge >= 0.3 is 5.69 Å². The fraction of sp³-hybridized carbons (Fsp3) is 0.381. The van der Waals surface area contributed by atoms with Crippen LogP contribution >= 0.6 is 27.7 Å². The van der Waals surface area contributed by atoms with E-state index in [2.05, 4.69) is 31.2 Å². The van der Waals surface area contributed by atoms with Crippen LogP contribution in [0.3, 0.4) is 0 Å². The predicted molar refractivity (Wildman–Crippen MR) is 126 cm³/mol. The largest absolute Gasteiger partial charge is 0.376 e. The molecule has 9 nitrogen and oxygen atoms in total. The second kappa shape index (κ2) is 9.55. The smallest absolute Gasteiger partial charge is 0.332 e. The predicted octanol–water partition coefficient (Wildman–Crippen LogP) is 1.84. The zero-order chi connectivity index (χ0) is 22.8. The van der Waals surface area contributed by atoms with Crippen molar-refractivity contribution in [2.45, 2.75) is 24.0 Å². The SMILES string of the molecule is Cn1c(=O)c2c(SCC(=O)NC[C@H]3CCCO3)nc(-c3ccc(Br)cc3)nc2n(C)c1=O. The van der Waals surface area contributed by atoms with Gasteiger partial charge in [-0.05, 0) is 25.0 Å². The summed E-state index contributed by atoms with van der Waals surface area (Å²) in [6.45, 7) is 1.19. The lowest BCUT2D eigenvalue weighted by Crippen LogP contribution is -2.38.